The minimum absolute atomic E-state index is 0.274. The number of nitrogens with two attached hydrogens (primary N) is 1. The van der Waals surface area contributed by atoms with E-state index in [9.17, 15) is 9.59 Å². The van der Waals surface area contributed by atoms with Crippen molar-refractivity contribution in [2.24, 2.45) is 11.7 Å². The SMILES string of the molecule is COC(=O)C(NC(C)(C)C(N)=O)C1CC1. The van der Waals surface area contributed by atoms with E-state index in [0.717, 1.165) is 12.8 Å². The zero-order valence-electron chi connectivity index (χ0n) is 9.37. The minimum Gasteiger partial charge on any atom is -0.468 e. The van der Waals surface area contributed by atoms with Crippen LogP contribution in [-0.2, 0) is 14.3 Å². The van der Waals surface area contributed by atoms with Gasteiger partial charge in [-0.1, -0.05) is 0 Å². The Kier molecular flexibility index (Phi) is 3.34. The summed E-state index contributed by atoms with van der Waals surface area (Å²) in [4.78, 5) is 22.6. The monoisotopic (exact) mass is 214 g/mol. The van der Waals surface area contributed by atoms with E-state index in [4.69, 9.17) is 5.73 Å². The van der Waals surface area contributed by atoms with Gasteiger partial charge in [0, 0.05) is 0 Å². The van der Waals surface area contributed by atoms with Crippen molar-refractivity contribution >= 4 is 11.9 Å². The van der Waals surface area contributed by atoms with Crippen LogP contribution in [0, 0.1) is 5.92 Å². The van der Waals surface area contributed by atoms with Gasteiger partial charge in [0.1, 0.15) is 6.04 Å². The Morgan fingerprint density at radius 2 is 2.00 bits per heavy atom. The lowest BCUT2D eigenvalue weighted by Gasteiger charge is -2.27. The molecule has 1 saturated carbocycles. The van der Waals surface area contributed by atoms with Crippen molar-refractivity contribution in [3.63, 3.8) is 0 Å². The number of primary amides is 1. The quantitative estimate of drug-likeness (QED) is 0.620. The van der Waals surface area contributed by atoms with Crippen molar-refractivity contribution in [1.82, 2.24) is 5.32 Å². The molecule has 0 aromatic heterocycles. The molecule has 15 heavy (non-hydrogen) atoms. The number of amides is 1. The molecule has 5 heteroatoms. The summed E-state index contributed by atoms with van der Waals surface area (Å²) in [6.07, 6.45) is 1.98. The first-order chi connectivity index (χ1) is 6.88. The number of methoxy groups -OCH3 is 1. The average molecular weight is 214 g/mol. The third-order valence-corrected chi connectivity index (χ3v) is 2.68. The summed E-state index contributed by atoms with van der Waals surface area (Å²) in [5.74, 6) is -0.528. The Bertz CT molecular complexity index is 272. The fourth-order valence-electron chi connectivity index (χ4n) is 1.39. The minimum atomic E-state index is -0.887. The van der Waals surface area contributed by atoms with Crippen LogP contribution in [0.2, 0.25) is 0 Å². The third-order valence-electron chi connectivity index (χ3n) is 2.68. The van der Waals surface area contributed by atoms with Crippen LogP contribution in [0.15, 0.2) is 0 Å². The number of nitrogens with one attached hydrogen (secondary N) is 1. The van der Waals surface area contributed by atoms with Crippen molar-refractivity contribution in [3.05, 3.63) is 0 Å². The van der Waals surface area contributed by atoms with Crippen LogP contribution in [0.25, 0.3) is 0 Å². The van der Waals surface area contributed by atoms with E-state index < -0.39 is 17.5 Å². The second kappa shape index (κ2) is 4.18. The van der Waals surface area contributed by atoms with Gasteiger partial charge in [-0.3, -0.25) is 14.9 Å². The predicted octanol–water partition coefficient (Wildman–Crippen LogP) is -0.208. The van der Waals surface area contributed by atoms with Crippen LogP contribution >= 0.6 is 0 Å². The molecule has 1 fully saturated rings. The van der Waals surface area contributed by atoms with Gasteiger partial charge in [0.2, 0.25) is 5.91 Å². The van der Waals surface area contributed by atoms with Gasteiger partial charge in [-0.2, -0.15) is 0 Å². The Morgan fingerprint density at radius 1 is 1.47 bits per heavy atom. The normalized spacial score (nSPS) is 18.3. The van der Waals surface area contributed by atoms with Gasteiger partial charge in [-0.15, -0.1) is 0 Å². The van der Waals surface area contributed by atoms with Crippen LogP contribution in [-0.4, -0.2) is 30.6 Å². The van der Waals surface area contributed by atoms with E-state index >= 15 is 0 Å². The molecule has 0 radical (unpaired) electrons. The number of carbonyl (C=O) groups is 2. The predicted molar refractivity (Wildman–Crippen MR) is 54.9 cm³/mol. The molecular weight excluding hydrogens is 196 g/mol. The Labute approximate surface area is 89.3 Å². The lowest BCUT2D eigenvalue weighted by molar-refractivity contribution is -0.144. The van der Waals surface area contributed by atoms with Gasteiger partial charge in [0.05, 0.1) is 12.6 Å². The van der Waals surface area contributed by atoms with Gasteiger partial charge >= 0.3 is 5.97 Å². The highest BCUT2D eigenvalue weighted by atomic mass is 16.5. The van der Waals surface area contributed by atoms with Gasteiger partial charge in [0.25, 0.3) is 0 Å². The Balaban J connectivity index is 2.66. The number of hydrogen-bond donors (Lipinski definition) is 2. The maximum atomic E-state index is 11.5. The fourth-order valence-corrected chi connectivity index (χ4v) is 1.39. The van der Waals surface area contributed by atoms with E-state index in [1.807, 2.05) is 0 Å². The average Bonchev–Trinajstić information content (AvgIpc) is 2.96. The number of esters is 1. The van der Waals surface area contributed by atoms with Gasteiger partial charge < -0.3 is 10.5 Å². The summed E-state index contributed by atoms with van der Waals surface area (Å²) in [7, 11) is 1.34. The van der Waals surface area contributed by atoms with Crippen LogP contribution in [0.4, 0.5) is 0 Å². The van der Waals surface area contributed by atoms with Crippen molar-refractivity contribution in [2.75, 3.05) is 7.11 Å². The summed E-state index contributed by atoms with van der Waals surface area (Å²) in [6, 6.07) is -0.419. The molecule has 0 aromatic carbocycles. The fraction of sp³-hybridized carbons (Fsp3) is 0.800. The van der Waals surface area contributed by atoms with Gasteiger partial charge in [-0.05, 0) is 32.6 Å². The lowest BCUT2D eigenvalue weighted by Crippen LogP contribution is -2.57. The molecule has 86 valence electrons. The van der Waals surface area contributed by atoms with Crippen LogP contribution in [0.1, 0.15) is 26.7 Å². The zero-order chi connectivity index (χ0) is 11.6. The van der Waals surface area contributed by atoms with Crippen molar-refractivity contribution in [3.8, 4) is 0 Å². The molecule has 0 aliphatic heterocycles. The molecule has 1 aliphatic carbocycles. The number of carbonyl (C=O) groups excluding carboxylic acids is 2. The standard InChI is InChI=1S/C10H18N2O3/c1-10(2,9(11)14)12-7(6-4-5-6)8(13)15-3/h6-7,12H,4-5H2,1-3H3,(H2,11,14). The molecule has 1 unspecified atom stereocenters. The molecule has 1 aliphatic rings. The Morgan fingerprint density at radius 3 is 2.33 bits per heavy atom. The highest BCUT2D eigenvalue weighted by Gasteiger charge is 2.41. The van der Waals surface area contributed by atoms with Crippen molar-refractivity contribution in [2.45, 2.75) is 38.3 Å². The molecule has 1 amide bonds. The first-order valence-corrected chi connectivity index (χ1v) is 5.04. The molecule has 0 saturated heterocycles. The number of ether oxygens (including phenoxy) is 1. The summed E-state index contributed by atoms with van der Waals surface area (Å²) in [5.41, 5.74) is 4.34. The summed E-state index contributed by atoms with van der Waals surface area (Å²) in [5, 5.41) is 2.96. The van der Waals surface area contributed by atoms with Crippen molar-refractivity contribution < 1.29 is 14.3 Å². The molecule has 5 nitrogen and oxygen atoms in total. The number of rotatable bonds is 5. The second-order valence-electron chi connectivity index (χ2n) is 4.47. The van der Waals surface area contributed by atoms with Gasteiger partial charge in [0.15, 0.2) is 0 Å². The van der Waals surface area contributed by atoms with Crippen LogP contribution in [0.5, 0.6) is 0 Å². The molecule has 1 rings (SSSR count). The summed E-state index contributed by atoms with van der Waals surface area (Å²) < 4.78 is 4.69. The highest BCUT2D eigenvalue weighted by molar-refractivity contribution is 5.85. The molecule has 0 spiro atoms. The van der Waals surface area contributed by atoms with E-state index in [1.54, 1.807) is 13.8 Å². The maximum absolute atomic E-state index is 11.5. The molecule has 3 N–H and O–H groups in total. The van der Waals surface area contributed by atoms with E-state index in [-0.39, 0.29) is 11.9 Å². The topological polar surface area (TPSA) is 81.4 Å². The molecule has 1 atom stereocenters. The van der Waals surface area contributed by atoms with Gasteiger partial charge in [-0.25, -0.2) is 0 Å². The van der Waals surface area contributed by atoms with Crippen LogP contribution in [0.3, 0.4) is 0 Å². The molecule has 0 bridgehead atoms. The second-order valence-corrected chi connectivity index (χ2v) is 4.47. The number of hydrogen-bond acceptors (Lipinski definition) is 4. The van der Waals surface area contributed by atoms with E-state index in [2.05, 4.69) is 10.1 Å². The lowest BCUT2D eigenvalue weighted by atomic mass is 10.0. The third kappa shape index (κ3) is 2.92. The molecule has 0 heterocycles. The maximum Gasteiger partial charge on any atom is 0.323 e. The highest BCUT2D eigenvalue weighted by Crippen LogP contribution is 2.34. The molecule has 0 aromatic rings. The van der Waals surface area contributed by atoms with E-state index in [0.29, 0.717) is 0 Å². The largest absolute Gasteiger partial charge is 0.468 e. The Hall–Kier alpha value is -1.10. The first kappa shape index (κ1) is 12.0. The summed E-state index contributed by atoms with van der Waals surface area (Å²) >= 11 is 0. The molecular formula is C10H18N2O3. The zero-order valence-corrected chi connectivity index (χ0v) is 9.37. The van der Waals surface area contributed by atoms with Crippen molar-refractivity contribution in [1.29, 1.82) is 0 Å². The first-order valence-electron chi connectivity index (χ1n) is 5.04. The summed E-state index contributed by atoms with van der Waals surface area (Å²) in [6.45, 7) is 3.32. The van der Waals surface area contributed by atoms with E-state index in [1.165, 1.54) is 7.11 Å². The van der Waals surface area contributed by atoms with Crippen LogP contribution < -0.4 is 11.1 Å². The smallest absolute Gasteiger partial charge is 0.323 e.